The molecule has 0 radical (unpaired) electrons. The minimum absolute atomic E-state index is 0.0638. The zero-order chi connectivity index (χ0) is 13.1. The van der Waals surface area contributed by atoms with Crippen molar-refractivity contribution in [2.45, 2.75) is 32.7 Å². The summed E-state index contributed by atoms with van der Waals surface area (Å²) < 4.78 is 0. The maximum absolute atomic E-state index is 12.4. The van der Waals surface area contributed by atoms with E-state index in [0.29, 0.717) is 17.7 Å². The molecule has 0 bridgehead atoms. The Morgan fingerprint density at radius 3 is 2.67 bits per heavy atom. The van der Waals surface area contributed by atoms with Gasteiger partial charge in [0.15, 0.2) is 0 Å². The number of nitrogens with zero attached hydrogens (tertiary/aromatic N) is 2. The number of hydrogen-bond acceptors (Lipinski definition) is 3. The molecule has 0 atom stereocenters. The third-order valence-corrected chi connectivity index (χ3v) is 3.08. The fraction of sp³-hybridized carbons (Fsp3) is 0.571. The summed E-state index contributed by atoms with van der Waals surface area (Å²) >= 11 is 0. The quantitative estimate of drug-likeness (QED) is 0.869. The zero-order valence-electron chi connectivity index (χ0n) is 11.3. The van der Waals surface area contributed by atoms with Gasteiger partial charge in [-0.15, -0.1) is 0 Å². The van der Waals surface area contributed by atoms with Crippen LogP contribution < -0.4 is 5.32 Å². The molecule has 98 valence electrons. The van der Waals surface area contributed by atoms with Crippen LogP contribution in [0.25, 0.3) is 0 Å². The van der Waals surface area contributed by atoms with E-state index in [4.69, 9.17) is 0 Å². The summed E-state index contributed by atoms with van der Waals surface area (Å²) in [5.41, 5.74) is 1.47. The molecule has 0 aliphatic heterocycles. The van der Waals surface area contributed by atoms with Gasteiger partial charge in [0.05, 0.1) is 11.9 Å². The molecule has 0 saturated heterocycles. The molecule has 1 aromatic rings. The van der Waals surface area contributed by atoms with E-state index in [-0.39, 0.29) is 5.91 Å². The van der Waals surface area contributed by atoms with Gasteiger partial charge in [-0.2, -0.15) is 0 Å². The second kappa shape index (κ2) is 5.38. The van der Waals surface area contributed by atoms with Crippen molar-refractivity contribution >= 4 is 11.6 Å². The Morgan fingerprint density at radius 2 is 2.22 bits per heavy atom. The summed E-state index contributed by atoms with van der Waals surface area (Å²) in [5, 5.41) is 3.00. The molecule has 1 saturated carbocycles. The largest absolute Gasteiger partial charge is 0.387 e. The number of pyridine rings is 1. The topological polar surface area (TPSA) is 45.2 Å². The molecule has 0 aromatic carbocycles. The summed E-state index contributed by atoms with van der Waals surface area (Å²) in [6.07, 6.45) is 3.97. The Kier molecular flexibility index (Phi) is 3.84. The van der Waals surface area contributed by atoms with Gasteiger partial charge in [-0.05, 0) is 30.9 Å². The lowest BCUT2D eigenvalue weighted by Crippen LogP contribution is -2.36. The molecule has 4 nitrogen and oxygen atoms in total. The molecule has 2 rings (SSSR count). The van der Waals surface area contributed by atoms with Crippen LogP contribution in [-0.2, 0) is 0 Å². The van der Waals surface area contributed by atoms with Gasteiger partial charge in [-0.1, -0.05) is 13.8 Å². The minimum atomic E-state index is 0.0638. The van der Waals surface area contributed by atoms with Crippen molar-refractivity contribution in [2.24, 2.45) is 5.92 Å². The highest BCUT2D eigenvalue weighted by molar-refractivity contribution is 5.93. The Balaban J connectivity index is 2.11. The summed E-state index contributed by atoms with van der Waals surface area (Å²) in [4.78, 5) is 18.6. The molecule has 1 aliphatic carbocycles. The van der Waals surface area contributed by atoms with Gasteiger partial charge in [0.25, 0.3) is 5.91 Å². The summed E-state index contributed by atoms with van der Waals surface area (Å²) in [6.45, 7) is 5.10. The number of anilines is 1. The average molecular weight is 247 g/mol. The third kappa shape index (κ3) is 3.00. The van der Waals surface area contributed by atoms with Crippen LogP contribution in [0.3, 0.4) is 0 Å². The van der Waals surface area contributed by atoms with Gasteiger partial charge >= 0.3 is 0 Å². The predicted molar refractivity (Wildman–Crippen MR) is 72.7 cm³/mol. The van der Waals surface area contributed by atoms with Crippen molar-refractivity contribution in [2.75, 3.05) is 18.9 Å². The Morgan fingerprint density at radius 1 is 1.50 bits per heavy atom. The van der Waals surface area contributed by atoms with Crippen molar-refractivity contribution in [1.82, 2.24) is 9.88 Å². The maximum Gasteiger partial charge on any atom is 0.272 e. The lowest BCUT2D eigenvalue weighted by Gasteiger charge is -2.24. The SMILES string of the molecule is CNc1ccc(C(=O)N(CC(C)C)C2CC2)nc1. The first kappa shape index (κ1) is 12.9. The fourth-order valence-electron chi connectivity index (χ4n) is 1.99. The van der Waals surface area contributed by atoms with Crippen molar-refractivity contribution in [1.29, 1.82) is 0 Å². The van der Waals surface area contributed by atoms with Crippen LogP contribution in [0.2, 0.25) is 0 Å². The monoisotopic (exact) mass is 247 g/mol. The van der Waals surface area contributed by atoms with E-state index >= 15 is 0 Å². The Bertz CT molecular complexity index is 410. The second-order valence-corrected chi connectivity index (χ2v) is 5.26. The maximum atomic E-state index is 12.4. The molecule has 0 spiro atoms. The summed E-state index contributed by atoms with van der Waals surface area (Å²) in [6, 6.07) is 4.12. The molecule has 4 heteroatoms. The summed E-state index contributed by atoms with van der Waals surface area (Å²) in [5.74, 6) is 0.556. The lowest BCUT2D eigenvalue weighted by atomic mass is 10.2. The van der Waals surface area contributed by atoms with Crippen molar-refractivity contribution in [3.63, 3.8) is 0 Å². The molecular weight excluding hydrogens is 226 g/mol. The van der Waals surface area contributed by atoms with E-state index < -0.39 is 0 Å². The molecule has 1 heterocycles. The lowest BCUT2D eigenvalue weighted by molar-refractivity contribution is 0.0716. The third-order valence-electron chi connectivity index (χ3n) is 3.08. The Labute approximate surface area is 108 Å². The fourth-order valence-corrected chi connectivity index (χ4v) is 1.99. The first-order chi connectivity index (χ1) is 8.61. The number of hydrogen-bond donors (Lipinski definition) is 1. The van der Waals surface area contributed by atoms with E-state index in [0.717, 1.165) is 25.1 Å². The standard InChI is InChI=1S/C14H21N3O/c1-10(2)9-17(12-5-6-12)14(18)13-7-4-11(15-3)8-16-13/h4,7-8,10,12,15H,5-6,9H2,1-3H3. The minimum Gasteiger partial charge on any atom is -0.387 e. The number of carbonyl (C=O) groups excluding carboxylic acids is 1. The molecule has 1 amide bonds. The zero-order valence-corrected chi connectivity index (χ0v) is 11.3. The van der Waals surface area contributed by atoms with Crippen molar-refractivity contribution < 1.29 is 4.79 Å². The highest BCUT2D eigenvalue weighted by Gasteiger charge is 2.33. The van der Waals surface area contributed by atoms with Crippen LogP contribution in [-0.4, -0.2) is 35.4 Å². The number of nitrogens with one attached hydrogen (secondary N) is 1. The number of amides is 1. The first-order valence-electron chi connectivity index (χ1n) is 6.56. The second-order valence-electron chi connectivity index (χ2n) is 5.26. The van der Waals surface area contributed by atoms with E-state index in [1.54, 1.807) is 12.3 Å². The normalized spacial score (nSPS) is 14.7. The van der Waals surface area contributed by atoms with Crippen LogP contribution in [0.5, 0.6) is 0 Å². The average Bonchev–Trinajstić information content (AvgIpc) is 3.19. The van der Waals surface area contributed by atoms with Gasteiger partial charge in [-0.25, -0.2) is 4.98 Å². The van der Waals surface area contributed by atoms with Crippen LogP contribution in [0.4, 0.5) is 5.69 Å². The molecule has 1 aliphatic rings. The van der Waals surface area contributed by atoms with E-state index in [1.807, 2.05) is 18.0 Å². The van der Waals surface area contributed by atoms with Gasteiger partial charge < -0.3 is 10.2 Å². The van der Waals surface area contributed by atoms with Crippen molar-refractivity contribution in [3.8, 4) is 0 Å². The van der Waals surface area contributed by atoms with Crippen LogP contribution in [0.1, 0.15) is 37.2 Å². The molecule has 1 aromatic heterocycles. The molecule has 1 N–H and O–H groups in total. The number of carbonyl (C=O) groups is 1. The highest BCUT2D eigenvalue weighted by Crippen LogP contribution is 2.28. The van der Waals surface area contributed by atoms with Gasteiger partial charge in [0.2, 0.25) is 0 Å². The van der Waals surface area contributed by atoms with E-state index in [2.05, 4.69) is 24.1 Å². The van der Waals surface area contributed by atoms with Gasteiger partial charge in [-0.3, -0.25) is 4.79 Å². The first-order valence-corrected chi connectivity index (χ1v) is 6.56. The van der Waals surface area contributed by atoms with Crippen LogP contribution in [0, 0.1) is 5.92 Å². The van der Waals surface area contributed by atoms with Gasteiger partial charge in [0, 0.05) is 19.6 Å². The molecule has 18 heavy (non-hydrogen) atoms. The molecule has 0 unspecified atom stereocenters. The summed E-state index contributed by atoms with van der Waals surface area (Å²) in [7, 11) is 1.84. The van der Waals surface area contributed by atoms with Crippen molar-refractivity contribution in [3.05, 3.63) is 24.0 Å². The number of aromatic nitrogens is 1. The van der Waals surface area contributed by atoms with Gasteiger partial charge in [0.1, 0.15) is 5.69 Å². The highest BCUT2D eigenvalue weighted by atomic mass is 16.2. The smallest absolute Gasteiger partial charge is 0.272 e. The molecular formula is C14H21N3O. The van der Waals surface area contributed by atoms with Crippen LogP contribution in [0.15, 0.2) is 18.3 Å². The van der Waals surface area contributed by atoms with Crippen LogP contribution >= 0.6 is 0 Å². The van der Waals surface area contributed by atoms with E-state index in [1.165, 1.54) is 0 Å². The van der Waals surface area contributed by atoms with E-state index in [9.17, 15) is 4.79 Å². The number of rotatable bonds is 5. The molecule has 1 fully saturated rings. The predicted octanol–water partition coefficient (Wildman–Crippen LogP) is 2.38. The Hall–Kier alpha value is -1.58.